The zero-order valence-electron chi connectivity index (χ0n) is 13.0. The molecule has 24 heavy (non-hydrogen) atoms. The molecule has 1 N–H and O–H groups in total. The first-order chi connectivity index (χ1) is 11.5. The Labute approximate surface area is 138 Å². The second-order valence-corrected chi connectivity index (χ2v) is 5.08. The number of halogens is 1. The van der Waals surface area contributed by atoms with Gasteiger partial charge in [0.15, 0.2) is 6.61 Å². The number of ether oxygens (including phenoxy) is 1. The van der Waals surface area contributed by atoms with Gasteiger partial charge < -0.3 is 10.1 Å². The summed E-state index contributed by atoms with van der Waals surface area (Å²) in [6.07, 6.45) is 0. The molecular weight excluding hydrogens is 311 g/mol. The van der Waals surface area contributed by atoms with E-state index >= 15 is 0 Å². The van der Waals surface area contributed by atoms with Crippen molar-refractivity contribution in [2.24, 2.45) is 0 Å². The van der Waals surface area contributed by atoms with Crippen LogP contribution in [0.5, 0.6) is 0 Å². The number of carbonyl (C=O) groups is 2. The molecule has 2 rings (SSSR count). The Morgan fingerprint density at radius 3 is 2.58 bits per heavy atom. The molecule has 5 nitrogen and oxygen atoms in total. The number of benzene rings is 2. The normalized spacial score (nSPS) is 11.2. The molecule has 0 aliphatic carbocycles. The SMILES string of the molecule is C[C@H](NC(=O)COC(=O)c1ccc(C#N)cc1F)c1ccccc1. The van der Waals surface area contributed by atoms with Crippen molar-refractivity contribution >= 4 is 11.9 Å². The van der Waals surface area contributed by atoms with Crippen LogP contribution in [0.2, 0.25) is 0 Å². The first kappa shape index (κ1) is 17.2. The van der Waals surface area contributed by atoms with Crippen molar-refractivity contribution < 1.29 is 18.7 Å². The average Bonchev–Trinajstić information content (AvgIpc) is 2.60. The van der Waals surface area contributed by atoms with Gasteiger partial charge in [-0.15, -0.1) is 0 Å². The molecule has 2 aromatic carbocycles. The maximum absolute atomic E-state index is 13.7. The van der Waals surface area contributed by atoms with Crippen LogP contribution in [0.25, 0.3) is 0 Å². The van der Waals surface area contributed by atoms with Crippen LogP contribution in [-0.2, 0) is 9.53 Å². The molecule has 0 radical (unpaired) electrons. The molecule has 0 saturated carbocycles. The third-order valence-corrected chi connectivity index (χ3v) is 3.33. The fourth-order valence-corrected chi connectivity index (χ4v) is 2.07. The van der Waals surface area contributed by atoms with Crippen LogP contribution >= 0.6 is 0 Å². The predicted molar refractivity (Wildman–Crippen MR) is 84.4 cm³/mol. The monoisotopic (exact) mass is 326 g/mol. The minimum absolute atomic E-state index is 0.0958. The lowest BCUT2D eigenvalue weighted by Gasteiger charge is -2.14. The predicted octanol–water partition coefficient (Wildman–Crippen LogP) is 2.73. The van der Waals surface area contributed by atoms with Crippen molar-refractivity contribution in [1.82, 2.24) is 5.32 Å². The first-order valence-electron chi connectivity index (χ1n) is 7.22. The van der Waals surface area contributed by atoms with Crippen molar-refractivity contribution in [3.63, 3.8) is 0 Å². The zero-order chi connectivity index (χ0) is 17.5. The molecule has 0 spiro atoms. The van der Waals surface area contributed by atoms with E-state index in [0.717, 1.165) is 17.7 Å². The van der Waals surface area contributed by atoms with Crippen LogP contribution in [-0.4, -0.2) is 18.5 Å². The molecule has 0 aromatic heterocycles. The van der Waals surface area contributed by atoms with Gasteiger partial charge in [0.25, 0.3) is 5.91 Å². The van der Waals surface area contributed by atoms with Gasteiger partial charge in [-0.05, 0) is 30.7 Å². The van der Waals surface area contributed by atoms with E-state index in [0.29, 0.717) is 0 Å². The van der Waals surface area contributed by atoms with Gasteiger partial charge in [0.05, 0.1) is 23.2 Å². The Balaban J connectivity index is 1.90. The molecular formula is C18H15FN2O3. The summed E-state index contributed by atoms with van der Waals surface area (Å²) in [7, 11) is 0. The summed E-state index contributed by atoms with van der Waals surface area (Å²) >= 11 is 0. The van der Waals surface area contributed by atoms with Gasteiger partial charge in [-0.1, -0.05) is 30.3 Å². The smallest absolute Gasteiger partial charge is 0.341 e. The van der Waals surface area contributed by atoms with Crippen molar-refractivity contribution in [2.45, 2.75) is 13.0 Å². The molecule has 0 unspecified atom stereocenters. The lowest BCUT2D eigenvalue weighted by Crippen LogP contribution is -2.31. The Morgan fingerprint density at radius 2 is 1.96 bits per heavy atom. The topological polar surface area (TPSA) is 79.2 Å². The van der Waals surface area contributed by atoms with Crippen LogP contribution in [0, 0.1) is 17.1 Å². The molecule has 6 heteroatoms. The van der Waals surface area contributed by atoms with Gasteiger partial charge in [-0.25, -0.2) is 9.18 Å². The Kier molecular flexibility index (Phi) is 5.63. The van der Waals surface area contributed by atoms with Crippen LogP contribution in [0.3, 0.4) is 0 Å². The number of nitrogens with zero attached hydrogens (tertiary/aromatic N) is 1. The number of carbonyl (C=O) groups excluding carboxylic acids is 2. The van der Waals surface area contributed by atoms with Crippen molar-refractivity contribution in [3.8, 4) is 6.07 Å². The van der Waals surface area contributed by atoms with Crippen LogP contribution < -0.4 is 5.32 Å². The number of amides is 1. The van der Waals surface area contributed by atoms with Gasteiger partial charge in [0.2, 0.25) is 0 Å². The molecule has 1 amide bonds. The molecule has 1 atom stereocenters. The van der Waals surface area contributed by atoms with E-state index in [1.54, 1.807) is 13.0 Å². The number of nitrogens with one attached hydrogen (secondary N) is 1. The molecule has 122 valence electrons. The van der Waals surface area contributed by atoms with Gasteiger partial charge >= 0.3 is 5.97 Å². The maximum atomic E-state index is 13.7. The average molecular weight is 326 g/mol. The summed E-state index contributed by atoms with van der Waals surface area (Å²) in [4.78, 5) is 23.6. The summed E-state index contributed by atoms with van der Waals surface area (Å²) in [5.74, 6) is -2.31. The molecule has 0 bridgehead atoms. The van der Waals surface area contributed by atoms with Crippen molar-refractivity contribution in [2.75, 3.05) is 6.61 Å². The highest BCUT2D eigenvalue weighted by molar-refractivity contribution is 5.91. The largest absolute Gasteiger partial charge is 0.452 e. The number of esters is 1. The standard InChI is InChI=1S/C18H15FN2O3/c1-12(14-5-3-2-4-6-14)21-17(22)11-24-18(23)15-8-7-13(10-20)9-16(15)19/h2-9,12H,11H2,1H3,(H,21,22)/t12-/m0/s1. The van der Waals surface area contributed by atoms with Crippen LogP contribution in [0.1, 0.15) is 34.5 Å². The summed E-state index contributed by atoms with van der Waals surface area (Å²) < 4.78 is 18.5. The quantitative estimate of drug-likeness (QED) is 0.857. The molecule has 0 fully saturated rings. The number of rotatable bonds is 5. The molecule has 0 saturated heterocycles. The van der Waals surface area contributed by atoms with E-state index in [4.69, 9.17) is 10.00 Å². The fourth-order valence-electron chi connectivity index (χ4n) is 2.07. The van der Waals surface area contributed by atoms with E-state index in [1.807, 2.05) is 30.3 Å². The summed E-state index contributed by atoms with van der Waals surface area (Å²) in [6, 6.07) is 14.2. The lowest BCUT2D eigenvalue weighted by molar-refractivity contribution is -0.124. The molecule has 0 aliphatic rings. The van der Waals surface area contributed by atoms with Gasteiger partial charge in [-0.3, -0.25) is 4.79 Å². The second-order valence-electron chi connectivity index (χ2n) is 5.08. The van der Waals surface area contributed by atoms with E-state index in [9.17, 15) is 14.0 Å². The van der Waals surface area contributed by atoms with Gasteiger partial charge in [0, 0.05) is 0 Å². The highest BCUT2D eigenvalue weighted by Crippen LogP contribution is 2.12. The number of nitriles is 1. The maximum Gasteiger partial charge on any atom is 0.341 e. The molecule has 2 aromatic rings. The Bertz CT molecular complexity index is 785. The fraction of sp³-hybridized carbons (Fsp3) is 0.167. The zero-order valence-corrected chi connectivity index (χ0v) is 13.0. The summed E-state index contributed by atoms with van der Waals surface area (Å²) in [6.45, 7) is 1.28. The minimum atomic E-state index is -0.959. The van der Waals surface area contributed by atoms with E-state index in [1.165, 1.54) is 6.07 Å². The third kappa shape index (κ3) is 4.40. The highest BCUT2D eigenvalue weighted by atomic mass is 19.1. The molecule has 0 aliphatic heterocycles. The van der Waals surface area contributed by atoms with E-state index in [-0.39, 0.29) is 17.2 Å². The van der Waals surface area contributed by atoms with Crippen molar-refractivity contribution in [3.05, 3.63) is 71.0 Å². The number of hydrogen-bond acceptors (Lipinski definition) is 4. The molecule has 0 heterocycles. The van der Waals surface area contributed by atoms with Gasteiger partial charge in [0.1, 0.15) is 5.82 Å². The summed E-state index contributed by atoms with van der Waals surface area (Å²) in [5, 5.41) is 11.3. The van der Waals surface area contributed by atoms with Crippen molar-refractivity contribution in [1.29, 1.82) is 5.26 Å². The van der Waals surface area contributed by atoms with E-state index < -0.39 is 24.3 Å². The first-order valence-corrected chi connectivity index (χ1v) is 7.22. The highest BCUT2D eigenvalue weighted by Gasteiger charge is 2.16. The van der Waals surface area contributed by atoms with Crippen LogP contribution in [0.4, 0.5) is 4.39 Å². The Morgan fingerprint density at radius 1 is 1.25 bits per heavy atom. The Hall–Kier alpha value is -3.20. The third-order valence-electron chi connectivity index (χ3n) is 3.33. The summed E-state index contributed by atoms with van der Waals surface area (Å²) in [5.41, 5.74) is 0.687. The number of hydrogen-bond donors (Lipinski definition) is 1. The van der Waals surface area contributed by atoms with E-state index in [2.05, 4.69) is 5.32 Å². The lowest BCUT2D eigenvalue weighted by atomic mass is 10.1. The van der Waals surface area contributed by atoms with Crippen LogP contribution in [0.15, 0.2) is 48.5 Å². The second kappa shape index (κ2) is 7.88. The van der Waals surface area contributed by atoms with Gasteiger partial charge in [-0.2, -0.15) is 5.26 Å². The minimum Gasteiger partial charge on any atom is -0.452 e.